The Labute approximate surface area is 126 Å². The summed E-state index contributed by atoms with van der Waals surface area (Å²) >= 11 is 0. The van der Waals surface area contributed by atoms with Crippen molar-refractivity contribution >= 4 is 23.5 Å². The van der Waals surface area contributed by atoms with Gasteiger partial charge in [0, 0.05) is 11.8 Å². The lowest BCUT2D eigenvalue weighted by molar-refractivity contribution is 0.0853. The number of rotatable bonds is 3. The van der Waals surface area contributed by atoms with Crippen LogP contribution in [0.15, 0.2) is 47.5 Å². The van der Waals surface area contributed by atoms with Crippen molar-refractivity contribution in [2.45, 2.75) is 0 Å². The number of nitrogens with zero attached hydrogens (tertiary/aromatic N) is 1. The van der Waals surface area contributed by atoms with Crippen LogP contribution in [-0.2, 0) is 0 Å². The zero-order valence-electron chi connectivity index (χ0n) is 11.7. The number of halogens is 1. The first kappa shape index (κ1) is 14.1. The number of fused-ring (bicyclic) bond motifs is 1. The van der Waals surface area contributed by atoms with Crippen molar-refractivity contribution in [3.05, 3.63) is 59.4 Å². The third-order valence-electron chi connectivity index (χ3n) is 3.53. The standard InChI is InChI=1S/C17H12FNO3/c1-22-14-4-2-3-13-15(14)17(21)12(9-19-13)16(20)10-5-7-11(18)8-6-10/h2-9,12H,1H3. The van der Waals surface area contributed by atoms with E-state index in [2.05, 4.69) is 4.99 Å². The van der Waals surface area contributed by atoms with E-state index in [1.807, 2.05) is 0 Å². The lowest BCUT2D eigenvalue weighted by Crippen LogP contribution is -2.28. The second-order valence-electron chi connectivity index (χ2n) is 4.85. The van der Waals surface area contributed by atoms with Gasteiger partial charge in [-0.2, -0.15) is 0 Å². The zero-order chi connectivity index (χ0) is 15.7. The third-order valence-corrected chi connectivity index (χ3v) is 3.53. The van der Waals surface area contributed by atoms with Gasteiger partial charge >= 0.3 is 0 Å². The van der Waals surface area contributed by atoms with Crippen LogP contribution in [0.1, 0.15) is 20.7 Å². The van der Waals surface area contributed by atoms with Gasteiger partial charge in [0.05, 0.1) is 18.4 Å². The van der Waals surface area contributed by atoms with E-state index in [4.69, 9.17) is 4.74 Å². The molecule has 0 spiro atoms. The van der Waals surface area contributed by atoms with Gasteiger partial charge in [0.1, 0.15) is 17.5 Å². The van der Waals surface area contributed by atoms with E-state index in [-0.39, 0.29) is 11.3 Å². The summed E-state index contributed by atoms with van der Waals surface area (Å²) in [7, 11) is 1.46. The summed E-state index contributed by atoms with van der Waals surface area (Å²) in [6, 6.07) is 10.2. The van der Waals surface area contributed by atoms with Crippen molar-refractivity contribution in [1.29, 1.82) is 0 Å². The van der Waals surface area contributed by atoms with E-state index in [0.29, 0.717) is 17.0 Å². The van der Waals surface area contributed by atoms with Crippen LogP contribution in [0.3, 0.4) is 0 Å². The molecule has 0 amide bonds. The van der Waals surface area contributed by atoms with Gasteiger partial charge in [-0.1, -0.05) is 6.07 Å². The lowest BCUT2D eigenvalue weighted by Gasteiger charge is -2.18. The molecular formula is C17H12FNO3. The summed E-state index contributed by atoms with van der Waals surface area (Å²) in [4.78, 5) is 29.2. The molecule has 1 heterocycles. The molecule has 1 aliphatic rings. The van der Waals surface area contributed by atoms with E-state index in [1.165, 1.54) is 37.6 Å². The van der Waals surface area contributed by atoms with Gasteiger partial charge in [-0.15, -0.1) is 0 Å². The van der Waals surface area contributed by atoms with Crippen LogP contribution in [0.25, 0.3) is 0 Å². The molecule has 5 heteroatoms. The van der Waals surface area contributed by atoms with Crippen LogP contribution in [0.4, 0.5) is 10.1 Å². The summed E-state index contributed by atoms with van der Waals surface area (Å²) < 4.78 is 18.1. The molecule has 0 fully saturated rings. The third kappa shape index (κ3) is 2.30. The summed E-state index contributed by atoms with van der Waals surface area (Å²) in [5, 5.41) is 0. The highest BCUT2D eigenvalue weighted by molar-refractivity contribution is 6.28. The fraction of sp³-hybridized carbons (Fsp3) is 0.118. The number of aliphatic imine (C=N–C) groups is 1. The predicted octanol–water partition coefficient (Wildman–Crippen LogP) is 3.23. The number of benzene rings is 2. The minimum Gasteiger partial charge on any atom is -0.496 e. The Morgan fingerprint density at radius 3 is 2.59 bits per heavy atom. The Morgan fingerprint density at radius 1 is 1.18 bits per heavy atom. The quantitative estimate of drug-likeness (QED) is 0.645. The topological polar surface area (TPSA) is 55.7 Å². The SMILES string of the molecule is COc1cccc2c1C(=O)C(C(=O)c1ccc(F)cc1)C=N2. The molecule has 1 unspecified atom stereocenters. The largest absolute Gasteiger partial charge is 0.496 e. The van der Waals surface area contributed by atoms with Crippen LogP contribution >= 0.6 is 0 Å². The molecule has 22 heavy (non-hydrogen) atoms. The molecule has 0 aliphatic carbocycles. The molecular weight excluding hydrogens is 285 g/mol. The van der Waals surface area contributed by atoms with E-state index in [1.54, 1.807) is 18.2 Å². The fourth-order valence-corrected chi connectivity index (χ4v) is 2.40. The van der Waals surface area contributed by atoms with Gasteiger partial charge in [0.2, 0.25) is 0 Å². The first-order chi connectivity index (χ1) is 10.6. The van der Waals surface area contributed by atoms with Crippen molar-refractivity contribution in [3.8, 4) is 5.75 Å². The molecule has 4 nitrogen and oxygen atoms in total. The lowest BCUT2D eigenvalue weighted by atomic mass is 9.88. The van der Waals surface area contributed by atoms with Crippen molar-refractivity contribution < 1.29 is 18.7 Å². The number of carbonyl (C=O) groups excluding carboxylic acids is 2. The number of carbonyl (C=O) groups is 2. The van der Waals surface area contributed by atoms with Crippen molar-refractivity contribution in [3.63, 3.8) is 0 Å². The number of Topliss-reactive ketones (excluding diaryl/α,β-unsaturated/α-hetero) is 2. The number of methoxy groups -OCH3 is 1. The molecule has 1 atom stereocenters. The maximum absolute atomic E-state index is 12.9. The monoisotopic (exact) mass is 297 g/mol. The highest BCUT2D eigenvalue weighted by Gasteiger charge is 2.33. The van der Waals surface area contributed by atoms with Crippen LogP contribution in [-0.4, -0.2) is 24.9 Å². The van der Waals surface area contributed by atoms with Crippen LogP contribution in [0.2, 0.25) is 0 Å². The first-order valence-electron chi connectivity index (χ1n) is 6.67. The van der Waals surface area contributed by atoms with Crippen LogP contribution < -0.4 is 4.74 Å². The summed E-state index contributed by atoms with van der Waals surface area (Å²) in [5.41, 5.74) is 1.05. The highest BCUT2D eigenvalue weighted by Crippen LogP contribution is 2.34. The average molecular weight is 297 g/mol. The second kappa shape index (κ2) is 5.52. The molecule has 3 rings (SSSR count). The highest BCUT2D eigenvalue weighted by atomic mass is 19.1. The number of ether oxygens (including phenoxy) is 1. The molecule has 0 saturated carbocycles. The molecule has 2 aromatic carbocycles. The number of hydrogen-bond donors (Lipinski definition) is 0. The Kier molecular flexibility index (Phi) is 3.55. The Balaban J connectivity index is 1.99. The molecule has 0 N–H and O–H groups in total. The smallest absolute Gasteiger partial charge is 0.184 e. The maximum Gasteiger partial charge on any atom is 0.184 e. The zero-order valence-corrected chi connectivity index (χ0v) is 11.7. The van der Waals surface area contributed by atoms with E-state index in [9.17, 15) is 14.0 Å². The van der Waals surface area contributed by atoms with Gasteiger partial charge in [0.15, 0.2) is 11.6 Å². The summed E-state index contributed by atoms with van der Waals surface area (Å²) in [5.74, 6) is -1.85. The Hall–Kier alpha value is -2.82. The molecule has 0 bridgehead atoms. The molecule has 110 valence electrons. The summed E-state index contributed by atoms with van der Waals surface area (Å²) in [6.07, 6.45) is 1.33. The van der Waals surface area contributed by atoms with Crippen molar-refractivity contribution in [2.24, 2.45) is 10.9 Å². The number of hydrogen-bond acceptors (Lipinski definition) is 4. The van der Waals surface area contributed by atoms with Gasteiger partial charge < -0.3 is 4.74 Å². The molecule has 0 aromatic heterocycles. The summed E-state index contributed by atoms with van der Waals surface area (Å²) in [6.45, 7) is 0. The molecule has 0 radical (unpaired) electrons. The van der Waals surface area contributed by atoms with Gasteiger partial charge in [-0.3, -0.25) is 14.6 Å². The van der Waals surface area contributed by atoms with E-state index in [0.717, 1.165) is 0 Å². The van der Waals surface area contributed by atoms with Gasteiger partial charge in [-0.25, -0.2) is 4.39 Å². The average Bonchev–Trinajstić information content (AvgIpc) is 2.55. The van der Waals surface area contributed by atoms with E-state index >= 15 is 0 Å². The predicted molar refractivity (Wildman–Crippen MR) is 79.7 cm³/mol. The normalized spacial score (nSPS) is 16.3. The van der Waals surface area contributed by atoms with Gasteiger partial charge in [-0.05, 0) is 36.4 Å². The molecule has 2 aromatic rings. The van der Waals surface area contributed by atoms with Crippen LogP contribution in [0.5, 0.6) is 5.75 Å². The van der Waals surface area contributed by atoms with E-state index < -0.39 is 17.5 Å². The number of ketones is 2. The maximum atomic E-state index is 12.9. The van der Waals surface area contributed by atoms with Gasteiger partial charge in [0.25, 0.3) is 0 Å². The Morgan fingerprint density at radius 2 is 1.91 bits per heavy atom. The van der Waals surface area contributed by atoms with Crippen molar-refractivity contribution in [1.82, 2.24) is 0 Å². The minimum atomic E-state index is -1.02. The Bertz CT molecular complexity index is 781. The molecule has 1 aliphatic heterocycles. The second-order valence-corrected chi connectivity index (χ2v) is 4.85. The molecule has 0 saturated heterocycles. The van der Waals surface area contributed by atoms with Crippen molar-refractivity contribution in [2.75, 3.05) is 7.11 Å². The first-order valence-corrected chi connectivity index (χ1v) is 6.67. The fourth-order valence-electron chi connectivity index (χ4n) is 2.40. The minimum absolute atomic E-state index is 0.268. The van der Waals surface area contributed by atoms with Crippen LogP contribution in [0, 0.1) is 11.7 Å².